The van der Waals surface area contributed by atoms with Gasteiger partial charge in [-0.3, -0.25) is 0 Å². The summed E-state index contributed by atoms with van der Waals surface area (Å²) in [4.78, 5) is 0. The van der Waals surface area contributed by atoms with E-state index in [0.29, 0.717) is 59.8 Å². The molecule has 1 N–H and O–H groups in total. The molecule has 0 spiro atoms. The minimum absolute atomic E-state index is 0.0743. The molecular formula is C39H35NO6. The number of nitriles is 1. The Hall–Kier alpha value is -4.91. The molecule has 0 radical (unpaired) electrons. The molecule has 0 fully saturated rings. The van der Waals surface area contributed by atoms with Crippen molar-refractivity contribution in [2.45, 2.75) is 25.4 Å². The van der Waals surface area contributed by atoms with E-state index in [2.05, 4.69) is 23.8 Å². The van der Waals surface area contributed by atoms with Crippen LogP contribution in [0.4, 0.5) is 0 Å². The molecule has 232 valence electrons. The normalized spacial score (nSPS) is 18.0. The van der Waals surface area contributed by atoms with Crippen LogP contribution in [-0.4, -0.2) is 44.7 Å². The molecule has 4 aromatic rings. The fourth-order valence-corrected chi connectivity index (χ4v) is 5.00. The Balaban J connectivity index is 1.44. The van der Waals surface area contributed by atoms with Gasteiger partial charge in [0.15, 0.2) is 0 Å². The van der Waals surface area contributed by atoms with Crippen molar-refractivity contribution in [1.29, 1.82) is 5.26 Å². The fraction of sp³-hybridized carbons (Fsp3) is 0.256. The SMILES string of the molecule is C#Cc1ccc(C#N)cc1C#Cc1cc2c(O)c(c1)COC[C@H](c1ccccc1)OCCOCCOC(c1ccccc1)COC2. The average molecular weight is 614 g/mol. The van der Waals surface area contributed by atoms with E-state index in [1.165, 1.54) is 0 Å². The van der Waals surface area contributed by atoms with E-state index in [0.717, 1.165) is 11.1 Å². The van der Waals surface area contributed by atoms with Crippen molar-refractivity contribution < 1.29 is 28.8 Å². The van der Waals surface area contributed by atoms with E-state index in [9.17, 15) is 10.4 Å². The van der Waals surface area contributed by atoms with Crippen molar-refractivity contribution in [3.8, 4) is 36.0 Å². The lowest BCUT2D eigenvalue weighted by Crippen LogP contribution is -2.18. The lowest BCUT2D eigenvalue weighted by molar-refractivity contribution is -0.0646. The van der Waals surface area contributed by atoms with Crippen LogP contribution in [0.1, 0.15) is 56.7 Å². The number of phenols is 1. The second-order valence-electron chi connectivity index (χ2n) is 10.6. The summed E-state index contributed by atoms with van der Waals surface area (Å²) in [5.41, 5.74) is 5.34. The zero-order valence-electron chi connectivity index (χ0n) is 25.5. The standard InChI is InChI=1S/C39H35NO6/c1-2-31-15-14-30(24-40)23-34(31)16-13-29-21-35-25-43-27-37(32-9-5-3-6-10-32)45-19-17-42-18-20-46-38(33-11-7-4-8-12-33)28-44-26-36(22-29)39(35)41/h1,3-12,14-15,21-23,37-38,41H,17-20,25-28H2/t37-,38?/m1/s1. The first kappa shape index (κ1) is 32.5. The summed E-state index contributed by atoms with van der Waals surface area (Å²) in [6, 6.07) is 30.5. The van der Waals surface area contributed by atoms with E-state index in [4.69, 9.17) is 30.1 Å². The largest absolute Gasteiger partial charge is 0.507 e. The topological polar surface area (TPSA) is 90.2 Å². The van der Waals surface area contributed by atoms with Crippen LogP contribution in [0.3, 0.4) is 0 Å². The third-order valence-electron chi connectivity index (χ3n) is 7.40. The van der Waals surface area contributed by atoms with Crippen molar-refractivity contribution in [2.75, 3.05) is 39.6 Å². The molecule has 7 nitrogen and oxygen atoms in total. The molecule has 2 atom stereocenters. The Morgan fingerprint density at radius 3 is 1.72 bits per heavy atom. The summed E-state index contributed by atoms with van der Waals surface area (Å²) in [6.07, 6.45) is 5.03. The van der Waals surface area contributed by atoms with Crippen molar-refractivity contribution in [2.24, 2.45) is 0 Å². The minimum Gasteiger partial charge on any atom is -0.507 e. The molecule has 1 unspecified atom stereocenters. The predicted molar refractivity (Wildman–Crippen MR) is 174 cm³/mol. The van der Waals surface area contributed by atoms with Crippen LogP contribution in [0, 0.1) is 35.5 Å². The Bertz CT molecular complexity index is 1650. The molecule has 0 amide bonds. The highest BCUT2D eigenvalue weighted by Gasteiger charge is 2.17. The Morgan fingerprint density at radius 1 is 0.630 bits per heavy atom. The first-order chi connectivity index (χ1) is 22.6. The highest BCUT2D eigenvalue weighted by molar-refractivity contribution is 5.56. The van der Waals surface area contributed by atoms with E-state index in [1.807, 2.05) is 60.7 Å². The summed E-state index contributed by atoms with van der Waals surface area (Å²) in [5.74, 6) is 8.97. The maximum atomic E-state index is 11.3. The fourth-order valence-electron chi connectivity index (χ4n) is 5.00. The monoisotopic (exact) mass is 613 g/mol. The number of fused-ring (bicyclic) bond motifs is 2. The number of rotatable bonds is 2. The summed E-state index contributed by atoms with van der Waals surface area (Å²) in [5, 5.41) is 20.7. The van der Waals surface area contributed by atoms with Gasteiger partial charge in [-0.05, 0) is 41.5 Å². The lowest BCUT2D eigenvalue weighted by Gasteiger charge is -2.21. The number of aromatic hydroxyl groups is 1. The van der Waals surface area contributed by atoms with Gasteiger partial charge in [0.05, 0.1) is 64.5 Å². The zero-order valence-corrected chi connectivity index (χ0v) is 25.5. The Morgan fingerprint density at radius 2 is 1.20 bits per heavy atom. The molecule has 4 aromatic carbocycles. The van der Waals surface area contributed by atoms with E-state index < -0.39 is 0 Å². The van der Waals surface area contributed by atoms with Crippen LogP contribution in [-0.2, 0) is 36.9 Å². The molecule has 0 saturated heterocycles. The number of benzene rings is 4. The van der Waals surface area contributed by atoms with Crippen LogP contribution < -0.4 is 0 Å². The van der Waals surface area contributed by atoms with E-state index in [1.54, 1.807) is 30.3 Å². The van der Waals surface area contributed by atoms with Gasteiger partial charge in [0.25, 0.3) is 0 Å². The highest BCUT2D eigenvalue weighted by atomic mass is 16.6. The van der Waals surface area contributed by atoms with Crippen LogP contribution >= 0.6 is 0 Å². The molecule has 1 aliphatic heterocycles. The van der Waals surface area contributed by atoms with Gasteiger partial charge in [0.2, 0.25) is 0 Å². The molecule has 46 heavy (non-hydrogen) atoms. The average Bonchev–Trinajstić information content (AvgIpc) is 3.10. The Kier molecular flexibility index (Phi) is 12.0. The number of phenolic OH excluding ortho intramolecular Hbond substituents is 1. The number of terminal acetylenes is 1. The maximum absolute atomic E-state index is 11.3. The molecule has 0 aliphatic carbocycles. The van der Waals surface area contributed by atoms with Gasteiger partial charge in [-0.25, -0.2) is 0 Å². The van der Waals surface area contributed by atoms with Crippen molar-refractivity contribution in [1.82, 2.24) is 0 Å². The molecule has 0 saturated carbocycles. The zero-order chi connectivity index (χ0) is 32.0. The molecule has 1 aliphatic rings. The summed E-state index contributed by atoms with van der Waals surface area (Å²) >= 11 is 0. The second-order valence-corrected chi connectivity index (χ2v) is 10.6. The molecular weight excluding hydrogens is 578 g/mol. The smallest absolute Gasteiger partial charge is 0.126 e. The summed E-state index contributed by atoms with van der Waals surface area (Å²) < 4.78 is 30.4. The molecule has 5 rings (SSSR count). The van der Waals surface area contributed by atoms with Crippen molar-refractivity contribution in [3.63, 3.8) is 0 Å². The van der Waals surface area contributed by atoms with Gasteiger partial charge in [-0.2, -0.15) is 5.26 Å². The minimum atomic E-state index is -0.329. The number of hydrogen-bond donors (Lipinski definition) is 1. The Labute approximate surface area is 270 Å². The number of ether oxygens (including phenoxy) is 5. The van der Waals surface area contributed by atoms with Crippen LogP contribution in [0.2, 0.25) is 0 Å². The molecule has 2 bridgehead atoms. The quantitative estimate of drug-likeness (QED) is 0.268. The van der Waals surface area contributed by atoms with Crippen molar-refractivity contribution >= 4 is 0 Å². The van der Waals surface area contributed by atoms with Crippen molar-refractivity contribution in [3.05, 3.63) is 136 Å². The van der Waals surface area contributed by atoms with E-state index in [-0.39, 0.29) is 44.4 Å². The first-order valence-corrected chi connectivity index (χ1v) is 15.1. The number of hydrogen-bond acceptors (Lipinski definition) is 7. The van der Waals surface area contributed by atoms with Gasteiger partial charge in [-0.15, -0.1) is 6.42 Å². The molecule has 0 aromatic heterocycles. The number of nitrogens with zero attached hydrogens (tertiary/aromatic N) is 1. The van der Waals surface area contributed by atoms with E-state index >= 15 is 0 Å². The third-order valence-corrected chi connectivity index (χ3v) is 7.40. The van der Waals surface area contributed by atoms with Gasteiger partial charge in [0, 0.05) is 27.8 Å². The highest BCUT2D eigenvalue weighted by Crippen LogP contribution is 2.28. The van der Waals surface area contributed by atoms with Gasteiger partial charge >= 0.3 is 0 Å². The van der Waals surface area contributed by atoms with Crippen LogP contribution in [0.5, 0.6) is 5.75 Å². The predicted octanol–water partition coefficient (Wildman–Crippen LogP) is 6.22. The summed E-state index contributed by atoms with van der Waals surface area (Å²) in [6.45, 7) is 2.33. The third kappa shape index (κ3) is 9.07. The van der Waals surface area contributed by atoms with Gasteiger partial charge in [0.1, 0.15) is 18.0 Å². The molecule has 7 heteroatoms. The molecule has 1 heterocycles. The summed E-state index contributed by atoms with van der Waals surface area (Å²) in [7, 11) is 0. The van der Waals surface area contributed by atoms with Gasteiger partial charge < -0.3 is 28.8 Å². The van der Waals surface area contributed by atoms with Crippen LogP contribution in [0.15, 0.2) is 91.0 Å². The lowest BCUT2D eigenvalue weighted by atomic mass is 10.0. The first-order valence-electron chi connectivity index (χ1n) is 15.1. The van der Waals surface area contributed by atoms with Gasteiger partial charge in [-0.1, -0.05) is 78.4 Å². The van der Waals surface area contributed by atoms with Crippen LogP contribution in [0.25, 0.3) is 0 Å². The maximum Gasteiger partial charge on any atom is 0.126 e. The second kappa shape index (κ2) is 17.0.